The summed E-state index contributed by atoms with van der Waals surface area (Å²) in [6.45, 7) is 0. The van der Waals surface area contributed by atoms with E-state index in [1.165, 1.54) is 0 Å². The molecule has 0 aliphatic heterocycles. The Hall–Kier alpha value is -3.00. The number of hydrogen-bond donors (Lipinski definition) is 2. The van der Waals surface area contributed by atoms with E-state index in [2.05, 4.69) is 25.1 Å². The number of anilines is 1. The second-order valence-electron chi connectivity index (χ2n) is 6.31. The molecule has 1 aliphatic rings. The molecule has 2 heterocycles. The molecule has 0 radical (unpaired) electrons. The van der Waals surface area contributed by atoms with Crippen molar-refractivity contribution in [2.75, 3.05) is 11.9 Å². The first-order valence-electron chi connectivity index (χ1n) is 8.11. The van der Waals surface area contributed by atoms with Crippen LogP contribution in [0.15, 0.2) is 43.1 Å². The summed E-state index contributed by atoms with van der Waals surface area (Å²) in [5, 5.41) is 18.7. The molecular weight excluding hydrogens is 318 g/mol. The number of hydrogen-bond acceptors (Lipinski definition) is 7. The lowest BCUT2D eigenvalue weighted by Crippen LogP contribution is -2.49. The zero-order valence-corrected chi connectivity index (χ0v) is 13.8. The van der Waals surface area contributed by atoms with Crippen molar-refractivity contribution >= 4 is 5.82 Å². The summed E-state index contributed by atoms with van der Waals surface area (Å²) in [5.74, 6) is 1.19. The number of phenolic OH excluding ortho intramolecular Hbond substituents is 1. The molecule has 3 N–H and O–H groups in total. The minimum absolute atomic E-state index is 0.0964. The van der Waals surface area contributed by atoms with Gasteiger partial charge in [-0.05, 0) is 25.0 Å². The van der Waals surface area contributed by atoms with Crippen LogP contribution in [0.5, 0.6) is 5.75 Å². The van der Waals surface area contributed by atoms with Gasteiger partial charge in [0.15, 0.2) is 11.6 Å². The Balaban J connectivity index is 1.56. The summed E-state index contributed by atoms with van der Waals surface area (Å²) in [7, 11) is 1.97. The highest BCUT2D eigenvalue weighted by atomic mass is 16.3. The lowest BCUT2D eigenvalue weighted by atomic mass is 9.86. The van der Waals surface area contributed by atoms with E-state index in [-0.39, 0.29) is 11.8 Å². The summed E-state index contributed by atoms with van der Waals surface area (Å²) < 4.78 is 1.81. The van der Waals surface area contributed by atoms with Crippen molar-refractivity contribution in [2.24, 2.45) is 5.73 Å². The first-order chi connectivity index (χ1) is 12.1. The fourth-order valence-corrected chi connectivity index (χ4v) is 2.97. The summed E-state index contributed by atoms with van der Waals surface area (Å²) in [5.41, 5.74) is 7.18. The number of imidazole rings is 1. The molecule has 0 spiro atoms. The summed E-state index contributed by atoms with van der Waals surface area (Å²) in [4.78, 5) is 10.4. The standard InChI is InChI=1S/C17H19N7O/c1-23(13-6-11(18)7-13)16-9-20-17(22-21-16)14-3-2-12(8-15(14)25)24-5-4-19-10-24/h2-5,8-11,13,25H,6-7,18H2,1H3. The van der Waals surface area contributed by atoms with Crippen LogP contribution in [0.25, 0.3) is 17.1 Å². The fourth-order valence-electron chi connectivity index (χ4n) is 2.97. The molecular formula is C17H19N7O. The summed E-state index contributed by atoms with van der Waals surface area (Å²) in [6, 6.07) is 5.96. The summed E-state index contributed by atoms with van der Waals surface area (Å²) in [6.07, 6.45) is 8.75. The molecule has 25 heavy (non-hydrogen) atoms. The van der Waals surface area contributed by atoms with Crippen molar-refractivity contribution in [1.82, 2.24) is 24.7 Å². The first kappa shape index (κ1) is 15.5. The van der Waals surface area contributed by atoms with E-state index in [0.29, 0.717) is 23.2 Å². The van der Waals surface area contributed by atoms with Gasteiger partial charge in [-0.1, -0.05) is 0 Å². The van der Waals surface area contributed by atoms with Gasteiger partial charge in [-0.15, -0.1) is 10.2 Å². The van der Waals surface area contributed by atoms with Gasteiger partial charge < -0.3 is 20.3 Å². The Bertz CT molecular complexity index is 857. The van der Waals surface area contributed by atoms with Crippen LogP contribution in [0.2, 0.25) is 0 Å². The van der Waals surface area contributed by atoms with E-state index in [1.807, 2.05) is 23.9 Å². The Labute approximate surface area is 145 Å². The van der Waals surface area contributed by atoms with Gasteiger partial charge in [0.05, 0.1) is 23.8 Å². The molecule has 128 valence electrons. The average molecular weight is 337 g/mol. The molecule has 1 fully saturated rings. The van der Waals surface area contributed by atoms with Crippen LogP contribution in [0.1, 0.15) is 12.8 Å². The van der Waals surface area contributed by atoms with E-state index in [4.69, 9.17) is 5.73 Å². The normalized spacial score (nSPS) is 19.4. The van der Waals surface area contributed by atoms with Crippen LogP contribution in [0.3, 0.4) is 0 Å². The number of nitrogens with two attached hydrogens (primary N) is 1. The molecule has 8 heteroatoms. The second-order valence-corrected chi connectivity index (χ2v) is 6.31. The van der Waals surface area contributed by atoms with Crippen molar-refractivity contribution in [3.63, 3.8) is 0 Å². The Morgan fingerprint density at radius 2 is 2.12 bits per heavy atom. The quantitative estimate of drug-likeness (QED) is 0.740. The topological polar surface area (TPSA) is 106 Å². The highest BCUT2D eigenvalue weighted by Gasteiger charge is 2.30. The average Bonchev–Trinajstić information content (AvgIpc) is 3.13. The molecule has 1 saturated carbocycles. The smallest absolute Gasteiger partial charge is 0.185 e. The predicted octanol–water partition coefficient (Wildman–Crippen LogP) is 1.36. The largest absolute Gasteiger partial charge is 0.507 e. The first-order valence-corrected chi connectivity index (χ1v) is 8.11. The van der Waals surface area contributed by atoms with Crippen molar-refractivity contribution in [3.8, 4) is 22.8 Å². The molecule has 3 aromatic rings. The van der Waals surface area contributed by atoms with E-state index in [0.717, 1.165) is 18.5 Å². The number of benzene rings is 1. The van der Waals surface area contributed by atoms with E-state index in [1.54, 1.807) is 30.9 Å². The van der Waals surface area contributed by atoms with Gasteiger partial charge in [0.1, 0.15) is 5.75 Å². The third-order valence-electron chi connectivity index (χ3n) is 4.63. The highest BCUT2D eigenvalue weighted by Crippen LogP contribution is 2.30. The lowest BCUT2D eigenvalue weighted by Gasteiger charge is -2.39. The van der Waals surface area contributed by atoms with Gasteiger partial charge in [0.2, 0.25) is 0 Å². The number of aromatic nitrogens is 5. The highest BCUT2D eigenvalue weighted by molar-refractivity contribution is 5.66. The fraction of sp³-hybridized carbons (Fsp3) is 0.294. The maximum Gasteiger partial charge on any atom is 0.185 e. The van der Waals surface area contributed by atoms with Gasteiger partial charge in [0, 0.05) is 37.6 Å². The third kappa shape index (κ3) is 2.91. The molecule has 1 aromatic carbocycles. The molecule has 0 unspecified atom stereocenters. The minimum Gasteiger partial charge on any atom is -0.507 e. The Morgan fingerprint density at radius 3 is 2.72 bits per heavy atom. The number of rotatable bonds is 4. The second kappa shape index (κ2) is 6.14. The zero-order valence-electron chi connectivity index (χ0n) is 13.8. The third-order valence-corrected chi connectivity index (χ3v) is 4.63. The monoisotopic (exact) mass is 337 g/mol. The van der Waals surface area contributed by atoms with Gasteiger partial charge in [0.25, 0.3) is 0 Å². The number of aromatic hydroxyl groups is 1. The van der Waals surface area contributed by atoms with Crippen molar-refractivity contribution in [1.29, 1.82) is 0 Å². The molecule has 2 aromatic heterocycles. The van der Waals surface area contributed by atoms with Gasteiger partial charge in [-0.3, -0.25) is 0 Å². The molecule has 0 atom stereocenters. The zero-order chi connectivity index (χ0) is 17.4. The Morgan fingerprint density at radius 1 is 1.28 bits per heavy atom. The molecule has 0 saturated heterocycles. The van der Waals surface area contributed by atoms with Crippen LogP contribution in [0.4, 0.5) is 5.82 Å². The predicted molar refractivity (Wildman–Crippen MR) is 93.5 cm³/mol. The summed E-state index contributed by atoms with van der Waals surface area (Å²) >= 11 is 0. The minimum atomic E-state index is 0.0964. The number of nitrogens with zero attached hydrogens (tertiary/aromatic N) is 6. The van der Waals surface area contributed by atoms with Crippen LogP contribution < -0.4 is 10.6 Å². The van der Waals surface area contributed by atoms with Crippen LogP contribution in [0, 0.1) is 0 Å². The van der Waals surface area contributed by atoms with Crippen LogP contribution in [-0.2, 0) is 0 Å². The molecule has 0 amide bonds. The molecule has 1 aliphatic carbocycles. The Kier molecular flexibility index (Phi) is 3.81. The van der Waals surface area contributed by atoms with Gasteiger partial charge >= 0.3 is 0 Å². The molecule has 8 nitrogen and oxygen atoms in total. The van der Waals surface area contributed by atoms with E-state index in [9.17, 15) is 5.11 Å². The van der Waals surface area contributed by atoms with Crippen molar-refractivity contribution in [2.45, 2.75) is 24.9 Å². The van der Waals surface area contributed by atoms with Crippen LogP contribution in [-0.4, -0.2) is 49.0 Å². The SMILES string of the molecule is CN(c1cnc(-c2ccc(-n3ccnc3)cc2O)nn1)C1CC(N)C1. The number of phenols is 1. The van der Waals surface area contributed by atoms with Crippen molar-refractivity contribution < 1.29 is 5.11 Å². The molecule has 0 bridgehead atoms. The molecule has 4 rings (SSSR count). The van der Waals surface area contributed by atoms with Gasteiger partial charge in [-0.2, -0.15) is 0 Å². The van der Waals surface area contributed by atoms with Crippen LogP contribution >= 0.6 is 0 Å². The van der Waals surface area contributed by atoms with Gasteiger partial charge in [-0.25, -0.2) is 9.97 Å². The van der Waals surface area contributed by atoms with E-state index >= 15 is 0 Å². The van der Waals surface area contributed by atoms with Crippen molar-refractivity contribution in [3.05, 3.63) is 43.1 Å². The maximum absolute atomic E-state index is 10.3. The van der Waals surface area contributed by atoms with E-state index < -0.39 is 0 Å². The lowest BCUT2D eigenvalue weighted by molar-refractivity contribution is 0.338. The maximum atomic E-state index is 10.3.